The molecular formula is C10H19N2O3S+. The number of rotatable bonds is 6. The van der Waals surface area contributed by atoms with Crippen LogP contribution in [0.15, 0.2) is 12.7 Å². The van der Waals surface area contributed by atoms with Crippen LogP contribution in [0, 0.1) is 0 Å². The van der Waals surface area contributed by atoms with Crippen molar-refractivity contribution >= 4 is 15.9 Å². The molecule has 0 heterocycles. The summed E-state index contributed by atoms with van der Waals surface area (Å²) in [6.07, 6.45) is 4.10. The smallest absolute Gasteiger partial charge is 0.294 e. The predicted molar refractivity (Wildman–Crippen MR) is 60.8 cm³/mol. The predicted octanol–water partition coefficient (Wildman–Crippen LogP) is -0.438. The first-order valence-corrected chi connectivity index (χ1v) is 6.86. The van der Waals surface area contributed by atoms with E-state index in [2.05, 4.69) is 17.0 Å². The van der Waals surface area contributed by atoms with E-state index in [1.165, 1.54) is 0 Å². The fourth-order valence-electron chi connectivity index (χ4n) is 1.25. The van der Waals surface area contributed by atoms with Crippen LogP contribution in [0.4, 0.5) is 0 Å². The molecule has 1 amide bonds. The van der Waals surface area contributed by atoms with Gasteiger partial charge in [-0.15, -0.1) is 6.58 Å². The van der Waals surface area contributed by atoms with Crippen molar-refractivity contribution in [2.24, 2.45) is 0 Å². The molecule has 0 bridgehead atoms. The van der Waals surface area contributed by atoms with Gasteiger partial charge in [0.2, 0.25) is 10.0 Å². The molecule has 4 N–H and O–H groups in total. The SMILES string of the molecule is C=CCC[C@](C)([NH3+])C(=O)NS(=O)(=O)C1CC1. The van der Waals surface area contributed by atoms with Crippen molar-refractivity contribution in [2.75, 3.05) is 0 Å². The fourth-order valence-corrected chi connectivity index (χ4v) is 2.68. The van der Waals surface area contributed by atoms with Gasteiger partial charge in [-0.2, -0.15) is 0 Å². The Kier molecular flexibility index (Phi) is 3.75. The van der Waals surface area contributed by atoms with E-state index in [0.717, 1.165) is 0 Å². The summed E-state index contributed by atoms with van der Waals surface area (Å²) >= 11 is 0. The summed E-state index contributed by atoms with van der Waals surface area (Å²) in [7, 11) is -3.46. The van der Waals surface area contributed by atoms with Gasteiger partial charge in [0.1, 0.15) is 0 Å². The van der Waals surface area contributed by atoms with E-state index in [0.29, 0.717) is 25.7 Å². The van der Waals surface area contributed by atoms with Crippen molar-refractivity contribution in [3.63, 3.8) is 0 Å². The number of hydrogen-bond acceptors (Lipinski definition) is 3. The standard InChI is InChI=1S/C10H18N2O3S/c1-3-4-7-10(2,11)9(13)12-16(14,15)8-5-6-8/h3,8H,1,4-7,11H2,2H3,(H,12,13)/p+1/t10-/m0/s1. The molecule has 0 radical (unpaired) electrons. The summed E-state index contributed by atoms with van der Waals surface area (Å²) in [4.78, 5) is 11.7. The number of quaternary nitrogens is 1. The third-order valence-corrected chi connectivity index (χ3v) is 4.47. The topological polar surface area (TPSA) is 90.9 Å². The van der Waals surface area contributed by atoms with Crippen molar-refractivity contribution in [3.8, 4) is 0 Å². The lowest BCUT2D eigenvalue weighted by molar-refractivity contribution is -0.453. The molecular weight excluding hydrogens is 228 g/mol. The second kappa shape index (κ2) is 4.55. The molecule has 1 saturated carbocycles. The summed E-state index contributed by atoms with van der Waals surface area (Å²) in [5.74, 6) is -0.527. The van der Waals surface area contributed by atoms with Crippen LogP contribution in [-0.4, -0.2) is 25.1 Å². The summed E-state index contributed by atoms with van der Waals surface area (Å²) in [5.41, 5.74) is 2.83. The van der Waals surface area contributed by atoms with Crippen molar-refractivity contribution in [2.45, 2.75) is 43.4 Å². The molecule has 1 rings (SSSR count). The van der Waals surface area contributed by atoms with E-state index < -0.39 is 21.5 Å². The van der Waals surface area contributed by atoms with Crippen LogP contribution in [0.3, 0.4) is 0 Å². The highest BCUT2D eigenvalue weighted by Crippen LogP contribution is 2.27. The number of amides is 1. The molecule has 0 unspecified atom stereocenters. The first-order chi connectivity index (χ1) is 7.29. The van der Waals surface area contributed by atoms with Gasteiger partial charge in [-0.05, 0) is 26.2 Å². The molecule has 0 spiro atoms. The Labute approximate surface area is 96.1 Å². The van der Waals surface area contributed by atoms with Gasteiger partial charge in [-0.3, -0.25) is 4.79 Å². The van der Waals surface area contributed by atoms with Crippen LogP contribution in [-0.2, 0) is 14.8 Å². The highest BCUT2D eigenvalue weighted by atomic mass is 32.2. The lowest BCUT2D eigenvalue weighted by atomic mass is 9.97. The van der Waals surface area contributed by atoms with Gasteiger partial charge in [0.15, 0.2) is 5.54 Å². The molecule has 1 fully saturated rings. The average Bonchev–Trinajstić information content (AvgIpc) is 2.97. The number of sulfonamides is 1. The molecule has 0 aromatic rings. The van der Waals surface area contributed by atoms with Crippen molar-refractivity contribution < 1.29 is 18.9 Å². The first-order valence-electron chi connectivity index (χ1n) is 5.32. The zero-order chi connectivity index (χ0) is 12.4. The molecule has 0 aromatic heterocycles. The second-order valence-electron chi connectivity index (χ2n) is 4.56. The van der Waals surface area contributed by atoms with Crippen molar-refractivity contribution in [1.29, 1.82) is 0 Å². The van der Waals surface area contributed by atoms with Crippen LogP contribution in [0.1, 0.15) is 32.6 Å². The fraction of sp³-hybridized carbons (Fsp3) is 0.700. The molecule has 92 valence electrons. The highest BCUT2D eigenvalue weighted by molar-refractivity contribution is 7.90. The van der Waals surface area contributed by atoms with Gasteiger partial charge in [0.05, 0.1) is 5.25 Å². The third kappa shape index (κ3) is 3.31. The maximum absolute atomic E-state index is 11.7. The summed E-state index contributed by atoms with van der Waals surface area (Å²) in [6.45, 7) is 5.19. The lowest BCUT2D eigenvalue weighted by Gasteiger charge is -2.19. The summed E-state index contributed by atoms with van der Waals surface area (Å²) in [6, 6.07) is 0. The number of hydrogen-bond donors (Lipinski definition) is 2. The van der Waals surface area contributed by atoms with E-state index in [4.69, 9.17) is 0 Å². The van der Waals surface area contributed by atoms with Gasteiger partial charge in [0, 0.05) is 6.42 Å². The summed E-state index contributed by atoms with van der Waals surface area (Å²) < 4.78 is 25.2. The van der Waals surface area contributed by atoms with E-state index in [1.54, 1.807) is 13.0 Å². The average molecular weight is 247 g/mol. The largest absolute Gasteiger partial charge is 0.345 e. The van der Waals surface area contributed by atoms with E-state index in [-0.39, 0.29) is 5.25 Å². The number of carbonyl (C=O) groups excluding carboxylic acids is 1. The lowest BCUT2D eigenvalue weighted by Crippen LogP contribution is -2.77. The molecule has 5 nitrogen and oxygen atoms in total. The van der Waals surface area contributed by atoms with Crippen molar-refractivity contribution in [1.82, 2.24) is 4.72 Å². The molecule has 1 aliphatic carbocycles. The molecule has 0 saturated heterocycles. The van der Waals surface area contributed by atoms with E-state index in [1.807, 2.05) is 0 Å². The third-order valence-electron chi connectivity index (χ3n) is 2.65. The van der Waals surface area contributed by atoms with Gasteiger partial charge in [-0.25, -0.2) is 13.1 Å². The van der Waals surface area contributed by atoms with Crippen LogP contribution < -0.4 is 10.5 Å². The Morgan fingerprint density at radius 1 is 1.62 bits per heavy atom. The highest BCUT2D eigenvalue weighted by Gasteiger charge is 2.41. The van der Waals surface area contributed by atoms with Crippen LogP contribution in [0.25, 0.3) is 0 Å². The monoisotopic (exact) mass is 247 g/mol. The number of allylic oxidation sites excluding steroid dienone is 1. The second-order valence-corrected chi connectivity index (χ2v) is 6.52. The van der Waals surface area contributed by atoms with Crippen LogP contribution in [0.5, 0.6) is 0 Å². The molecule has 6 heteroatoms. The number of nitrogens with one attached hydrogen (secondary N) is 1. The minimum atomic E-state index is -3.46. The Morgan fingerprint density at radius 2 is 2.19 bits per heavy atom. The van der Waals surface area contributed by atoms with E-state index >= 15 is 0 Å². The van der Waals surface area contributed by atoms with E-state index in [9.17, 15) is 13.2 Å². The van der Waals surface area contributed by atoms with Crippen LogP contribution in [0.2, 0.25) is 0 Å². The Hall–Kier alpha value is -0.880. The van der Waals surface area contributed by atoms with Crippen molar-refractivity contribution in [3.05, 3.63) is 12.7 Å². The van der Waals surface area contributed by atoms with Gasteiger partial charge < -0.3 is 5.73 Å². The molecule has 0 aromatic carbocycles. The Morgan fingerprint density at radius 3 is 2.62 bits per heavy atom. The maximum Gasteiger partial charge on any atom is 0.294 e. The first kappa shape index (κ1) is 13.2. The molecule has 0 aliphatic heterocycles. The van der Waals surface area contributed by atoms with Gasteiger partial charge in [0.25, 0.3) is 5.91 Å². The minimum Gasteiger partial charge on any atom is -0.345 e. The minimum absolute atomic E-state index is 0.383. The van der Waals surface area contributed by atoms with Gasteiger partial charge in [-0.1, -0.05) is 6.08 Å². The van der Waals surface area contributed by atoms with Crippen LogP contribution >= 0.6 is 0 Å². The molecule has 16 heavy (non-hydrogen) atoms. The van der Waals surface area contributed by atoms with Gasteiger partial charge >= 0.3 is 0 Å². The summed E-state index contributed by atoms with van der Waals surface area (Å²) in [5, 5.41) is -0.383. The zero-order valence-corrected chi connectivity index (χ0v) is 10.3. The molecule has 1 atom stereocenters. The normalized spacial score (nSPS) is 19.9. The number of carbonyl (C=O) groups is 1. The molecule has 1 aliphatic rings. The zero-order valence-electron chi connectivity index (χ0n) is 9.53. The Balaban J connectivity index is 2.59. The Bertz CT molecular complexity index is 383. The maximum atomic E-state index is 11.7. The quantitative estimate of drug-likeness (QED) is 0.623.